The standard InChI is InChI=1S/C18H38O7S/c1-4-6-8-14-23-16-11-18(10-13-19,25-26(20,21)22-3)12-17-24-15-9-7-5-2/h19H,4-17H2,1-3H3. The summed E-state index contributed by atoms with van der Waals surface area (Å²) >= 11 is 0. The van der Waals surface area contributed by atoms with Gasteiger partial charge in [0.25, 0.3) is 0 Å². The van der Waals surface area contributed by atoms with Gasteiger partial charge in [0.15, 0.2) is 0 Å². The van der Waals surface area contributed by atoms with Crippen LogP contribution < -0.4 is 0 Å². The molecule has 158 valence electrons. The molecule has 1 N–H and O–H groups in total. The van der Waals surface area contributed by atoms with Gasteiger partial charge in [0.2, 0.25) is 0 Å². The van der Waals surface area contributed by atoms with E-state index in [-0.39, 0.29) is 13.0 Å². The second kappa shape index (κ2) is 15.8. The summed E-state index contributed by atoms with van der Waals surface area (Å²) in [5, 5.41) is 9.42. The van der Waals surface area contributed by atoms with Crippen LogP contribution in [0.2, 0.25) is 0 Å². The van der Waals surface area contributed by atoms with Gasteiger partial charge in [0, 0.05) is 52.3 Å². The van der Waals surface area contributed by atoms with E-state index in [0.29, 0.717) is 39.3 Å². The van der Waals surface area contributed by atoms with Gasteiger partial charge in [-0.05, 0) is 12.8 Å². The number of hydrogen-bond acceptors (Lipinski definition) is 7. The molecule has 0 aliphatic heterocycles. The molecule has 26 heavy (non-hydrogen) atoms. The highest BCUT2D eigenvalue weighted by Gasteiger charge is 2.36. The van der Waals surface area contributed by atoms with Crippen molar-refractivity contribution in [3.63, 3.8) is 0 Å². The molecule has 7 nitrogen and oxygen atoms in total. The van der Waals surface area contributed by atoms with Crippen molar-refractivity contribution in [2.75, 3.05) is 40.1 Å². The third-order valence-electron chi connectivity index (χ3n) is 4.24. The maximum absolute atomic E-state index is 11.8. The minimum absolute atomic E-state index is 0.173. The van der Waals surface area contributed by atoms with Crippen molar-refractivity contribution >= 4 is 10.4 Å². The lowest BCUT2D eigenvalue weighted by atomic mass is 9.93. The Morgan fingerprint density at radius 3 is 1.69 bits per heavy atom. The second-order valence-corrected chi connectivity index (χ2v) is 7.77. The lowest BCUT2D eigenvalue weighted by molar-refractivity contribution is -0.0266. The molecule has 0 saturated carbocycles. The smallest absolute Gasteiger partial charge is 0.396 e. The lowest BCUT2D eigenvalue weighted by Gasteiger charge is -2.32. The average molecular weight is 399 g/mol. The van der Waals surface area contributed by atoms with Crippen LogP contribution in [0, 0.1) is 0 Å². The maximum atomic E-state index is 11.8. The van der Waals surface area contributed by atoms with Crippen LogP contribution in [0.1, 0.15) is 71.6 Å². The first-order valence-electron chi connectivity index (χ1n) is 9.72. The monoisotopic (exact) mass is 398 g/mol. The van der Waals surface area contributed by atoms with E-state index in [1.54, 1.807) is 0 Å². The van der Waals surface area contributed by atoms with Crippen molar-refractivity contribution in [1.29, 1.82) is 0 Å². The van der Waals surface area contributed by atoms with Gasteiger partial charge in [-0.2, -0.15) is 8.42 Å². The Morgan fingerprint density at radius 1 is 0.808 bits per heavy atom. The molecule has 0 saturated heterocycles. The summed E-state index contributed by atoms with van der Waals surface area (Å²) < 4.78 is 44.6. The van der Waals surface area contributed by atoms with Crippen LogP contribution in [-0.4, -0.2) is 59.3 Å². The summed E-state index contributed by atoms with van der Waals surface area (Å²) in [6.07, 6.45) is 7.24. The van der Waals surface area contributed by atoms with Crippen LogP contribution in [0.4, 0.5) is 0 Å². The van der Waals surface area contributed by atoms with E-state index >= 15 is 0 Å². The molecule has 8 heteroatoms. The third kappa shape index (κ3) is 13.0. The van der Waals surface area contributed by atoms with E-state index in [1.807, 2.05) is 0 Å². The quantitative estimate of drug-likeness (QED) is 0.334. The Labute approximate surface area is 159 Å². The molecular formula is C18H38O7S. The molecule has 0 fully saturated rings. The fourth-order valence-electron chi connectivity index (χ4n) is 2.58. The number of ether oxygens (including phenoxy) is 2. The normalized spacial score (nSPS) is 12.6. The number of hydrogen-bond donors (Lipinski definition) is 1. The molecule has 0 aliphatic carbocycles. The zero-order valence-electron chi connectivity index (χ0n) is 16.7. The Kier molecular flexibility index (Phi) is 15.6. The predicted molar refractivity (Wildman–Crippen MR) is 101 cm³/mol. The number of aliphatic hydroxyl groups is 1. The first-order valence-corrected chi connectivity index (χ1v) is 11.1. The molecule has 0 amide bonds. The van der Waals surface area contributed by atoms with E-state index < -0.39 is 16.0 Å². The molecule has 0 aliphatic rings. The highest BCUT2D eigenvalue weighted by molar-refractivity contribution is 7.81. The van der Waals surface area contributed by atoms with Crippen molar-refractivity contribution in [3.05, 3.63) is 0 Å². The Bertz CT molecular complexity index is 396. The topological polar surface area (TPSA) is 91.3 Å². The lowest BCUT2D eigenvalue weighted by Crippen LogP contribution is -2.39. The third-order valence-corrected chi connectivity index (χ3v) is 5.20. The minimum atomic E-state index is -4.12. The zero-order valence-corrected chi connectivity index (χ0v) is 17.5. The van der Waals surface area contributed by atoms with Crippen molar-refractivity contribution in [2.45, 2.75) is 77.2 Å². The second-order valence-electron chi connectivity index (χ2n) is 6.45. The molecule has 0 bridgehead atoms. The molecule has 0 spiro atoms. The van der Waals surface area contributed by atoms with Crippen LogP contribution in [-0.2, 0) is 28.2 Å². The van der Waals surface area contributed by atoms with E-state index in [0.717, 1.165) is 45.6 Å². The molecule has 0 aromatic carbocycles. The summed E-state index contributed by atoms with van der Waals surface area (Å²) in [6, 6.07) is 0. The largest absolute Gasteiger partial charge is 0.400 e. The van der Waals surface area contributed by atoms with Gasteiger partial charge in [-0.25, -0.2) is 4.18 Å². The average Bonchev–Trinajstić information content (AvgIpc) is 2.61. The maximum Gasteiger partial charge on any atom is 0.400 e. The highest BCUT2D eigenvalue weighted by Crippen LogP contribution is 2.28. The van der Waals surface area contributed by atoms with Gasteiger partial charge in [0.05, 0.1) is 12.7 Å². The zero-order chi connectivity index (χ0) is 19.7. The Balaban J connectivity index is 4.67. The Morgan fingerprint density at radius 2 is 1.31 bits per heavy atom. The summed E-state index contributed by atoms with van der Waals surface area (Å²) in [5.41, 5.74) is -1.08. The van der Waals surface area contributed by atoms with Crippen molar-refractivity contribution in [1.82, 2.24) is 0 Å². The van der Waals surface area contributed by atoms with E-state index in [2.05, 4.69) is 18.0 Å². The summed E-state index contributed by atoms with van der Waals surface area (Å²) in [4.78, 5) is 0. The van der Waals surface area contributed by atoms with Gasteiger partial charge < -0.3 is 14.6 Å². The van der Waals surface area contributed by atoms with E-state index in [9.17, 15) is 13.5 Å². The Hall–Kier alpha value is -0.250. The van der Waals surface area contributed by atoms with Gasteiger partial charge >= 0.3 is 10.4 Å². The predicted octanol–water partition coefficient (Wildman–Crippen LogP) is 3.21. The van der Waals surface area contributed by atoms with Crippen LogP contribution >= 0.6 is 0 Å². The van der Waals surface area contributed by atoms with Gasteiger partial charge in [-0.3, -0.25) is 4.18 Å². The van der Waals surface area contributed by atoms with Gasteiger partial charge in [-0.1, -0.05) is 39.5 Å². The molecule has 0 unspecified atom stereocenters. The number of unbranched alkanes of at least 4 members (excludes halogenated alkanes) is 4. The fraction of sp³-hybridized carbons (Fsp3) is 1.00. The molecule has 0 aromatic rings. The number of rotatable bonds is 19. The van der Waals surface area contributed by atoms with Crippen molar-refractivity contribution in [3.8, 4) is 0 Å². The van der Waals surface area contributed by atoms with Crippen LogP contribution in [0.5, 0.6) is 0 Å². The fourth-order valence-corrected chi connectivity index (χ4v) is 3.33. The number of aliphatic hydroxyl groups excluding tert-OH is 1. The summed E-state index contributed by atoms with van der Waals surface area (Å²) in [5.74, 6) is 0. The summed E-state index contributed by atoms with van der Waals surface area (Å²) in [7, 11) is -3.07. The SMILES string of the molecule is CCCCCOCCC(CCO)(CCOCCCCC)OS(=O)(=O)OC. The first-order chi connectivity index (χ1) is 12.4. The first kappa shape index (κ1) is 25.8. The van der Waals surface area contributed by atoms with Crippen LogP contribution in [0.25, 0.3) is 0 Å². The van der Waals surface area contributed by atoms with E-state index in [1.165, 1.54) is 0 Å². The highest BCUT2D eigenvalue weighted by atomic mass is 32.3. The van der Waals surface area contributed by atoms with E-state index in [4.69, 9.17) is 13.7 Å². The minimum Gasteiger partial charge on any atom is -0.396 e. The molecular weight excluding hydrogens is 360 g/mol. The van der Waals surface area contributed by atoms with Crippen molar-refractivity contribution < 1.29 is 31.4 Å². The molecule has 0 aromatic heterocycles. The molecule has 0 atom stereocenters. The van der Waals surface area contributed by atoms with Gasteiger partial charge in [-0.15, -0.1) is 0 Å². The molecule has 0 heterocycles. The van der Waals surface area contributed by atoms with Crippen molar-refractivity contribution in [2.24, 2.45) is 0 Å². The molecule has 0 radical (unpaired) electrons. The van der Waals surface area contributed by atoms with Crippen LogP contribution in [0.15, 0.2) is 0 Å². The molecule has 0 rings (SSSR count). The van der Waals surface area contributed by atoms with Gasteiger partial charge in [0.1, 0.15) is 0 Å². The summed E-state index contributed by atoms with van der Waals surface area (Å²) in [6.45, 7) is 6.04. The van der Waals surface area contributed by atoms with Crippen LogP contribution in [0.3, 0.4) is 0 Å².